The largest absolute Gasteiger partial charge is 0.342 e. The van der Waals surface area contributed by atoms with Crippen LogP contribution < -0.4 is 0 Å². The number of rotatable bonds is 5. The summed E-state index contributed by atoms with van der Waals surface area (Å²) in [6, 6.07) is 18.9. The fraction of sp³-hybridized carbons (Fsp3) is 0.321. The van der Waals surface area contributed by atoms with Gasteiger partial charge in [0.2, 0.25) is 5.91 Å². The minimum Gasteiger partial charge on any atom is -0.342 e. The van der Waals surface area contributed by atoms with Gasteiger partial charge in [0.05, 0.1) is 5.02 Å². The van der Waals surface area contributed by atoms with Gasteiger partial charge in [-0.1, -0.05) is 60.1 Å². The fourth-order valence-corrected chi connectivity index (χ4v) is 5.26. The summed E-state index contributed by atoms with van der Waals surface area (Å²) in [7, 11) is 0. The van der Waals surface area contributed by atoms with E-state index in [0.29, 0.717) is 16.8 Å². The Morgan fingerprint density at radius 1 is 1.06 bits per heavy atom. The third kappa shape index (κ3) is 3.98. The topological polar surface area (TPSA) is 51.0 Å². The molecule has 2 aliphatic rings. The normalized spacial score (nSPS) is 18.1. The highest BCUT2D eigenvalue weighted by molar-refractivity contribution is 6.31. The lowest BCUT2D eigenvalue weighted by atomic mass is 9.99. The van der Waals surface area contributed by atoms with Gasteiger partial charge in [0.25, 0.3) is 0 Å². The molecule has 6 heteroatoms. The van der Waals surface area contributed by atoms with Crippen molar-refractivity contribution in [2.24, 2.45) is 11.8 Å². The Bertz CT molecular complexity index is 1370. The number of halogens is 1. The maximum Gasteiger partial charge on any atom is 0.225 e. The van der Waals surface area contributed by atoms with Gasteiger partial charge in [-0.25, -0.2) is 9.97 Å². The molecule has 3 heterocycles. The molecule has 5 nitrogen and oxygen atoms in total. The molecule has 2 aromatic heterocycles. The first-order valence-electron chi connectivity index (χ1n) is 12.0. The minimum absolute atomic E-state index is 0.277. The van der Waals surface area contributed by atoms with E-state index in [1.54, 1.807) is 6.20 Å². The predicted octanol–water partition coefficient (Wildman–Crippen LogP) is 5.99. The van der Waals surface area contributed by atoms with Crippen LogP contribution in [0, 0.1) is 18.8 Å². The molecule has 0 N–H and O–H groups in total. The molecule has 1 aliphatic carbocycles. The number of carbonyl (C=O) groups excluding carboxylic acids is 1. The van der Waals surface area contributed by atoms with Gasteiger partial charge in [-0.15, -0.1) is 0 Å². The molecular weight excluding hydrogens is 444 g/mol. The average molecular weight is 471 g/mol. The van der Waals surface area contributed by atoms with Crippen LogP contribution in [-0.4, -0.2) is 38.4 Å². The number of pyridine rings is 1. The molecule has 4 aromatic rings. The summed E-state index contributed by atoms with van der Waals surface area (Å²) in [5.41, 5.74) is 6.38. The molecule has 34 heavy (non-hydrogen) atoms. The molecule has 0 radical (unpaired) electrons. The van der Waals surface area contributed by atoms with E-state index in [4.69, 9.17) is 16.6 Å². The second kappa shape index (κ2) is 8.55. The number of hydrogen-bond acceptors (Lipinski definition) is 3. The summed E-state index contributed by atoms with van der Waals surface area (Å²) >= 11 is 6.23. The highest BCUT2D eigenvalue weighted by Gasteiger charge is 2.36. The van der Waals surface area contributed by atoms with Crippen LogP contribution in [0.3, 0.4) is 0 Å². The number of nitrogens with zero attached hydrogens (tertiary/aromatic N) is 4. The maximum absolute atomic E-state index is 12.5. The number of hydrogen-bond donors (Lipinski definition) is 0. The molecule has 1 aliphatic heterocycles. The zero-order valence-corrected chi connectivity index (χ0v) is 20.0. The van der Waals surface area contributed by atoms with Gasteiger partial charge in [-0.2, -0.15) is 0 Å². The van der Waals surface area contributed by atoms with E-state index in [-0.39, 0.29) is 5.92 Å². The van der Waals surface area contributed by atoms with Gasteiger partial charge >= 0.3 is 0 Å². The van der Waals surface area contributed by atoms with Gasteiger partial charge in [0.15, 0.2) is 5.65 Å². The van der Waals surface area contributed by atoms with Crippen molar-refractivity contribution >= 4 is 28.7 Å². The number of amides is 1. The van der Waals surface area contributed by atoms with E-state index in [9.17, 15) is 4.79 Å². The van der Waals surface area contributed by atoms with Crippen LogP contribution in [0.1, 0.15) is 24.8 Å². The maximum atomic E-state index is 12.5. The van der Waals surface area contributed by atoms with Crippen LogP contribution in [0.25, 0.3) is 33.7 Å². The third-order valence-electron chi connectivity index (χ3n) is 7.12. The first-order valence-corrected chi connectivity index (χ1v) is 12.4. The monoisotopic (exact) mass is 470 g/mol. The lowest BCUT2D eigenvalue weighted by Crippen LogP contribution is -2.30. The van der Waals surface area contributed by atoms with Gasteiger partial charge < -0.3 is 9.47 Å². The zero-order chi connectivity index (χ0) is 23.2. The first-order chi connectivity index (χ1) is 16.6. The van der Waals surface area contributed by atoms with Crippen molar-refractivity contribution in [3.8, 4) is 22.5 Å². The van der Waals surface area contributed by atoms with Crippen LogP contribution >= 0.6 is 11.6 Å². The standard InChI is InChI=1S/C28H27ClN4O/c1-18-4-2-3-5-24(18)20-6-8-21(9-7-20)26-31-25-14-23(29)15-30-27(25)33(26)17-19-12-13-32(16-19)28(34)22-10-11-22/h2-9,14-15,19,22H,10-13,16-17H2,1H3. The Morgan fingerprint density at radius 3 is 2.59 bits per heavy atom. The van der Waals surface area contributed by atoms with Gasteiger partial charge in [-0.3, -0.25) is 4.79 Å². The number of aromatic nitrogens is 3. The minimum atomic E-state index is 0.277. The van der Waals surface area contributed by atoms with Crippen LogP contribution in [0.4, 0.5) is 0 Å². The number of benzene rings is 2. The number of carbonyl (C=O) groups is 1. The van der Waals surface area contributed by atoms with Gasteiger partial charge in [-0.05, 0) is 54.9 Å². The fourth-order valence-electron chi connectivity index (χ4n) is 5.10. The van der Waals surface area contributed by atoms with Crippen LogP contribution in [-0.2, 0) is 11.3 Å². The number of aryl methyl sites for hydroxylation is 1. The van der Waals surface area contributed by atoms with Crippen molar-refractivity contribution in [2.45, 2.75) is 32.7 Å². The van der Waals surface area contributed by atoms with Crippen molar-refractivity contribution in [3.63, 3.8) is 0 Å². The quantitative estimate of drug-likeness (QED) is 0.360. The van der Waals surface area contributed by atoms with Crippen molar-refractivity contribution in [2.75, 3.05) is 13.1 Å². The SMILES string of the molecule is Cc1ccccc1-c1ccc(-c2nc3cc(Cl)cnc3n2CC2CCN(C(=O)C3CC3)C2)cc1. The molecule has 2 aromatic carbocycles. The molecule has 0 bridgehead atoms. The lowest BCUT2D eigenvalue weighted by Gasteiger charge is -2.17. The van der Waals surface area contributed by atoms with E-state index in [1.165, 1.54) is 16.7 Å². The Kier molecular flexibility index (Phi) is 5.37. The average Bonchev–Trinajstić information content (AvgIpc) is 3.50. The van der Waals surface area contributed by atoms with Crippen molar-refractivity contribution in [1.82, 2.24) is 19.4 Å². The molecule has 1 unspecified atom stereocenters. The molecule has 2 fully saturated rings. The summed E-state index contributed by atoms with van der Waals surface area (Å²) < 4.78 is 2.21. The van der Waals surface area contributed by atoms with Crippen LogP contribution in [0.2, 0.25) is 5.02 Å². The first kappa shape index (κ1) is 21.4. The molecule has 1 amide bonds. The molecule has 0 spiro atoms. The smallest absolute Gasteiger partial charge is 0.225 e. The van der Waals surface area contributed by atoms with E-state index >= 15 is 0 Å². The Hall–Kier alpha value is -3.18. The Labute approximate surface area is 204 Å². The van der Waals surface area contributed by atoms with E-state index in [0.717, 1.165) is 61.4 Å². The van der Waals surface area contributed by atoms with E-state index in [1.807, 2.05) is 6.07 Å². The number of imidazole rings is 1. The van der Waals surface area contributed by atoms with Crippen molar-refractivity contribution < 1.29 is 4.79 Å². The molecule has 1 saturated carbocycles. The summed E-state index contributed by atoms with van der Waals surface area (Å²) in [6.07, 6.45) is 4.81. The van der Waals surface area contributed by atoms with Gasteiger partial charge in [0, 0.05) is 37.3 Å². The molecule has 1 saturated heterocycles. The summed E-state index contributed by atoms with van der Waals surface area (Å²) in [5.74, 6) is 1.91. The Balaban J connectivity index is 1.33. The lowest BCUT2D eigenvalue weighted by molar-refractivity contribution is -0.131. The van der Waals surface area contributed by atoms with E-state index < -0.39 is 0 Å². The molecule has 172 valence electrons. The van der Waals surface area contributed by atoms with Crippen LogP contribution in [0.5, 0.6) is 0 Å². The molecule has 1 atom stereocenters. The highest BCUT2D eigenvalue weighted by Crippen LogP contribution is 2.34. The summed E-state index contributed by atoms with van der Waals surface area (Å²) in [5, 5.41) is 0.584. The van der Waals surface area contributed by atoms with Crippen molar-refractivity contribution in [3.05, 3.63) is 71.4 Å². The van der Waals surface area contributed by atoms with Crippen molar-refractivity contribution in [1.29, 1.82) is 0 Å². The second-order valence-electron chi connectivity index (χ2n) is 9.65. The second-order valence-corrected chi connectivity index (χ2v) is 10.1. The Morgan fingerprint density at radius 2 is 1.82 bits per heavy atom. The van der Waals surface area contributed by atoms with Gasteiger partial charge in [0.1, 0.15) is 11.3 Å². The highest BCUT2D eigenvalue weighted by atomic mass is 35.5. The molecular formula is C28H27ClN4O. The number of fused-ring (bicyclic) bond motifs is 1. The third-order valence-corrected chi connectivity index (χ3v) is 7.32. The predicted molar refractivity (Wildman–Crippen MR) is 136 cm³/mol. The number of likely N-dealkylation sites (tertiary alicyclic amines) is 1. The summed E-state index contributed by atoms with van der Waals surface area (Å²) in [6.45, 7) is 4.59. The zero-order valence-electron chi connectivity index (χ0n) is 19.2. The van der Waals surface area contributed by atoms with E-state index in [2.05, 4.69) is 69.9 Å². The van der Waals surface area contributed by atoms with Crippen LogP contribution in [0.15, 0.2) is 60.8 Å². The summed E-state index contributed by atoms with van der Waals surface area (Å²) in [4.78, 5) is 24.2. The molecule has 6 rings (SSSR count).